The number of imidazole rings is 1. The van der Waals surface area contributed by atoms with Crippen molar-refractivity contribution in [1.29, 1.82) is 0 Å². The molecule has 2 heterocycles. The molecule has 2 rings (SSSR count). The number of carbonyl (C=O) groups excluding carboxylic acids is 1. The number of H-pyrrole nitrogens is 1. The minimum absolute atomic E-state index is 0.0283. The van der Waals surface area contributed by atoms with Crippen molar-refractivity contribution >= 4 is 15.9 Å². The highest BCUT2D eigenvalue weighted by molar-refractivity contribution is 7.89. The fourth-order valence-corrected chi connectivity index (χ4v) is 4.65. The number of sulfonamides is 1. The fraction of sp³-hybridized carbons (Fsp3) is 0.765. The van der Waals surface area contributed by atoms with Gasteiger partial charge in [0, 0.05) is 19.6 Å². The number of rotatable bonds is 9. The lowest BCUT2D eigenvalue weighted by Crippen LogP contribution is -2.46. The quantitative estimate of drug-likeness (QED) is 0.696. The molecule has 142 valence electrons. The van der Waals surface area contributed by atoms with Gasteiger partial charge in [-0.25, -0.2) is 13.4 Å². The van der Waals surface area contributed by atoms with Gasteiger partial charge in [0.1, 0.15) is 0 Å². The van der Waals surface area contributed by atoms with Crippen molar-refractivity contribution in [3.05, 3.63) is 12.5 Å². The summed E-state index contributed by atoms with van der Waals surface area (Å²) in [7, 11) is -3.60. The first-order valence-electron chi connectivity index (χ1n) is 9.25. The lowest BCUT2D eigenvalue weighted by molar-refractivity contribution is -0.126. The van der Waals surface area contributed by atoms with Crippen molar-refractivity contribution in [2.45, 2.75) is 57.4 Å². The van der Waals surface area contributed by atoms with Crippen molar-refractivity contribution in [3.8, 4) is 0 Å². The molecular formula is C17H30N4O3S. The zero-order valence-electron chi connectivity index (χ0n) is 15.2. The Bertz CT molecular complexity index is 630. The molecule has 0 spiro atoms. The van der Waals surface area contributed by atoms with Crippen LogP contribution in [-0.4, -0.2) is 48.2 Å². The second-order valence-corrected chi connectivity index (χ2v) is 8.69. The molecule has 0 aliphatic carbocycles. The molecule has 8 heteroatoms. The molecular weight excluding hydrogens is 340 g/mol. The first-order valence-corrected chi connectivity index (χ1v) is 10.7. The van der Waals surface area contributed by atoms with Crippen LogP contribution in [0.25, 0.3) is 0 Å². The van der Waals surface area contributed by atoms with E-state index in [9.17, 15) is 13.2 Å². The van der Waals surface area contributed by atoms with E-state index in [1.165, 1.54) is 23.3 Å². The van der Waals surface area contributed by atoms with Crippen LogP contribution < -0.4 is 5.32 Å². The van der Waals surface area contributed by atoms with Crippen molar-refractivity contribution in [2.75, 3.05) is 19.6 Å². The monoisotopic (exact) mass is 370 g/mol. The maximum atomic E-state index is 12.6. The Labute approximate surface area is 150 Å². The summed E-state index contributed by atoms with van der Waals surface area (Å²) in [6.45, 7) is 5.67. The topological polar surface area (TPSA) is 95.2 Å². The van der Waals surface area contributed by atoms with Gasteiger partial charge in [-0.2, -0.15) is 4.31 Å². The molecule has 2 N–H and O–H groups in total. The van der Waals surface area contributed by atoms with Gasteiger partial charge in [0.05, 0.1) is 18.4 Å². The Balaban J connectivity index is 1.91. The minimum atomic E-state index is -3.60. The highest BCUT2D eigenvalue weighted by Gasteiger charge is 2.34. The maximum absolute atomic E-state index is 12.6. The third kappa shape index (κ3) is 5.28. The van der Waals surface area contributed by atoms with E-state index in [0.717, 1.165) is 25.7 Å². The van der Waals surface area contributed by atoms with E-state index >= 15 is 0 Å². The van der Waals surface area contributed by atoms with Crippen molar-refractivity contribution in [2.24, 2.45) is 11.8 Å². The Hall–Kier alpha value is -1.41. The number of nitrogens with zero attached hydrogens (tertiary/aromatic N) is 2. The van der Waals surface area contributed by atoms with Crippen molar-refractivity contribution < 1.29 is 13.2 Å². The molecule has 0 saturated carbocycles. The van der Waals surface area contributed by atoms with E-state index in [1.54, 1.807) is 0 Å². The SMILES string of the molecule is CCCC[C@H](CC)CNC(=O)[C@@H]1CCCN(S(=O)(=O)c2cnc[nH]2)C1. The third-order valence-corrected chi connectivity index (χ3v) is 6.74. The molecule has 1 aliphatic rings. The molecule has 0 radical (unpaired) electrons. The van der Waals surface area contributed by atoms with Gasteiger partial charge in [0.25, 0.3) is 10.0 Å². The predicted octanol–water partition coefficient (Wildman–Crippen LogP) is 2.14. The number of unbranched alkanes of at least 4 members (excludes halogenated alkanes) is 1. The molecule has 1 fully saturated rings. The number of nitrogens with one attached hydrogen (secondary N) is 2. The first kappa shape index (κ1) is 19.9. The van der Waals surface area contributed by atoms with Crippen LogP contribution in [0, 0.1) is 11.8 Å². The number of amides is 1. The standard InChI is InChI=1S/C17H30N4O3S/c1-3-5-7-14(4-2)10-19-17(22)15-8-6-9-21(12-15)25(23,24)16-11-18-13-20-16/h11,13-15H,3-10,12H2,1-2H3,(H,18,20)(H,19,22)/t14-,15+/m0/s1. The van der Waals surface area contributed by atoms with Crippen LogP contribution in [0.4, 0.5) is 0 Å². The Kier molecular flexibility index (Phi) is 7.43. The normalized spacial score (nSPS) is 20.3. The van der Waals surface area contributed by atoms with Gasteiger partial charge in [0.15, 0.2) is 5.03 Å². The number of aromatic nitrogens is 2. The number of carbonyl (C=O) groups is 1. The average molecular weight is 371 g/mol. The van der Waals surface area contributed by atoms with Crippen LogP contribution in [0.15, 0.2) is 17.6 Å². The lowest BCUT2D eigenvalue weighted by Gasteiger charge is -2.31. The minimum Gasteiger partial charge on any atom is -0.356 e. The van der Waals surface area contributed by atoms with Gasteiger partial charge in [-0.1, -0.05) is 33.1 Å². The average Bonchev–Trinajstić information content (AvgIpc) is 3.17. The van der Waals surface area contributed by atoms with Crippen LogP contribution in [0.3, 0.4) is 0 Å². The summed E-state index contributed by atoms with van der Waals surface area (Å²) >= 11 is 0. The number of hydrogen-bond acceptors (Lipinski definition) is 4. The summed E-state index contributed by atoms with van der Waals surface area (Å²) in [5, 5.41) is 3.12. The van der Waals surface area contributed by atoms with E-state index in [4.69, 9.17) is 0 Å². The summed E-state index contributed by atoms with van der Waals surface area (Å²) in [6, 6.07) is 0. The first-order chi connectivity index (χ1) is 12.0. The molecule has 7 nitrogen and oxygen atoms in total. The van der Waals surface area contributed by atoms with Crippen LogP contribution in [-0.2, 0) is 14.8 Å². The highest BCUT2D eigenvalue weighted by Crippen LogP contribution is 2.23. The Morgan fingerprint density at radius 1 is 1.48 bits per heavy atom. The smallest absolute Gasteiger partial charge is 0.260 e. The second kappa shape index (κ2) is 9.33. The summed E-state index contributed by atoms with van der Waals surface area (Å²) in [5.74, 6) is 0.187. The molecule has 1 aliphatic heterocycles. The highest BCUT2D eigenvalue weighted by atomic mass is 32.2. The fourth-order valence-electron chi connectivity index (χ4n) is 3.23. The van der Waals surface area contributed by atoms with E-state index in [1.807, 2.05) is 0 Å². The van der Waals surface area contributed by atoms with E-state index < -0.39 is 10.0 Å². The van der Waals surface area contributed by atoms with Crippen molar-refractivity contribution in [1.82, 2.24) is 19.6 Å². The van der Waals surface area contributed by atoms with Gasteiger partial charge in [-0.15, -0.1) is 0 Å². The van der Waals surface area contributed by atoms with Gasteiger partial charge in [-0.05, 0) is 25.2 Å². The molecule has 1 aromatic heterocycles. The van der Waals surface area contributed by atoms with E-state index in [-0.39, 0.29) is 23.4 Å². The lowest BCUT2D eigenvalue weighted by atomic mass is 9.96. The van der Waals surface area contributed by atoms with Crippen LogP contribution in [0.1, 0.15) is 52.4 Å². The molecule has 0 bridgehead atoms. The Morgan fingerprint density at radius 2 is 2.28 bits per heavy atom. The third-order valence-electron chi connectivity index (χ3n) is 4.95. The van der Waals surface area contributed by atoms with Gasteiger partial charge >= 0.3 is 0 Å². The van der Waals surface area contributed by atoms with E-state index in [2.05, 4.69) is 29.1 Å². The molecule has 1 saturated heterocycles. The number of aromatic amines is 1. The van der Waals surface area contributed by atoms with Crippen molar-refractivity contribution in [3.63, 3.8) is 0 Å². The molecule has 0 aromatic carbocycles. The van der Waals surface area contributed by atoms with Gasteiger partial charge < -0.3 is 10.3 Å². The zero-order chi connectivity index (χ0) is 18.3. The Morgan fingerprint density at radius 3 is 2.92 bits per heavy atom. The molecule has 1 aromatic rings. The molecule has 2 atom stereocenters. The van der Waals surface area contributed by atoms with Crippen LogP contribution in [0.5, 0.6) is 0 Å². The molecule has 25 heavy (non-hydrogen) atoms. The number of hydrogen-bond donors (Lipinski definition) is 2. The zero-order valence-corrected chi connectivity index (χ0v) is 16.0. The largest absolute Gasteiger partial charge is 0.356 e. The summed E-state index contributed by atoms with van der Waals surface area (Å²) in [4.78, 5) is 18.9. The summed E-state index contributed by atoms with van der Waals surface area (Å²) in [6.07, 6.45) is 8.58. The second-order valence-electron chi connectivity index (χ2n) is 6.78. The van der Waals surface area contributed by atoms with Gasteiger partial charge in [0.2, 0.25) is 5.91 Å². The van der Waals surface area contributed by atoms with Crippen LogP contribution in [0.2, 0.25) is 0 Å². The number of piperidine rings is 1. The summed E-state index contributed by atoms with van der Waals surface area (Å²) < 4.78 is 26.5. The summed E-state index contributed by atoms with van der Waals surface area (Å²) in [5.41, 5.74) is 0. The van der Waals surface area contributed by atoms with Crippen LogP contribution >= 0.6 is 0 Å². The van der Waals surface area contributed by atoms with Gasteiger partial charge in [-0.3, -0.25) is 4.79 Å². The molecule has 1 amide bonds. The van der Waals surface area contributed by atoms with E-state index in [0.29, 0.717) is 25.4 Å². The molecule has 0 unspecified atom stereocenters. The maximum Gasteiger partial charge on any atom is 0.260 e. The predicted molar refractivity (Wildman–Crippen MR) is 96.4 cm³/mol.